The zero-order chi connectivity index (χ0) is 18.4. The van der Waals surface area contributed by atoms with Crippen molar-refractivity contribution in [1.82, 2.24) is 0 Å². The Kier molecular flexibility index (Phi) is 5.95. The molecule has 0 aliphatic carbocycles. The van der Waals surface area contributed by atoms with Crippen molar-refractivity contribution in [2.24, 2.45) is 5.10 Å². The highest BCUT2D eigenvalue weighted by Crippen LogP contribution is 2.24. The van der Waals surface area contributed by atoms with Crippen LogP contribution >= 0.6 is 0 Å². The molecular weight excluding hydrogens is 343 g/mol. The van der Waals surface area contributed by atoms with E-state index >= 15 is 0 Å². The molecule has 1 N–H and O–H groups in total. The third-order valence-electron chi connectivity index (χ3n) is 3.21. The summed E-state index contributed by atoms with van der Waals surface area (Å²) < 4.78 is 67.8. The van der Waals surface area contributed by atoms with E-state index in [0.717, 1.165) is 5.56 Å². The van der Waals surface area contributed by atoms with Crippen LogP contribution in [-0.4, -0.2) is 25.2 Å². The van der Waals surface area contributed by atoms with E-state index < -0.39 is 24.8 Å². The summed E-state index contributed by atoms with van der Waals surface area (Å²) in [5, 5.41) is 3.93. The molecule has 0 aromatic heterocycles. The molecule has 0 spiro atoms. The molecule has 0 saturated carbocycles. The van der Waals surface area contributed by atoms with Crippen molar-refractivity contribution in [3.63, 3.8) is 0 Å². The molecule has 25 heavy (non-hydrogen) atoms. The van der Waals surface area contributed by atoms with Crippen LogP contribution in [0.3, 0.4) is 0 Å². The monoisotopic (exact) mass is 358 g/mol. The molecule has 3 nitrogen and oxygen atoms in total. The maximum Gasteiger partial charge on any atom is 0.340 e. The number of rotatable bonds is 7. The molecule has 134 valence electrons. The summed E-state index contributed by atoms with van der Waals surface area (Å²) in [6, 6.07) is 10.0. The Balaban J connectivity index is 2.00. The van der Waals surface area contributed by atoms with Gasteiger partial charge in [0.05, 0.1) is 11.9 Å². The van der Waals surface area contributed by atoms with Crippen LogP contribution in [0.2, 0.25) is 0 Å². The standard InChI is InChI=1S/C17H15F5N2O/c1-11-5-6-13(18)8-15(11)24-23-9-12-3-2-4-14(7-12)25-10-17(21,22)16(19)20/h2-9,16,24H,10H2,1H3/b23-9+. The molecule has 0 fully saturated rings. The predicted octanol–water partition coefficient (Wildman–Crippen LogP) is 4.86. The maximum atomic E-state index is 13.2. The lowest BCUT2D eigenvalue weighted by molar-refractivity contribution is -0.148. The van der Waals surface area contributed by atoms with E-state index in [1.807, 2.05) is 0 Å². The Morgan fingerprint density at radius 1 is 1.20 bits per heavy atom. The van der Waals surface area contributed by atoms with Crippen LogP contribution in [0.1, 0.15) is 11.1 Å². The molecule has 2 aromatic rings. The van der Waals surface area contributed by atoms with Crippen LogP contribution in [0.25, 0.3) is 0 Å². The van der Waals surface area contributed by atoms with E-state index in [2.05, 4.69) is 10.5 Å². The first-order valence-corrected chi connectivity index (χ1v) is 7.22. The normalized spacial score (nSPS) is 12.0. The van der Waals surface area contributed by atoms with Crippen LogP contribution in [0.5, 0.6) is 5.75 Å². The van der Waals surface area contributed by atoms with Gasteiger partial charge in [0.1, 0.15) is 11.6 Å². The zero-order valence-electron chi connectivity index (χ0n) is 13.1. The number of anilines is 1. The van der Waals surface area contributed by atoms with Gasteiger partial charge in [0.2, 0.25) is 0 Å². The van der Waals surface area contributed by atoms with Gasteiger partial charge in [-0.15, -0.1) is 0 Å². The Bertz CT molecular complexity index is 750. The molecule has 0 bridgehead atoms. The van der Waals surface area contributed by atoms with Crippen LogP contribution < -0.4 is 10.2 Å². The molecule has 0 atom stereocenters. The lowest BCUT2D eigenvalue weighted by atomic mass is 10.2. The summed E-state index contributed by atoms with van der Waals surface area (Å²) in [5.74, 6) is -4.63. The summed E-state index contributed by atoms with van der Waals surface area (Å²) in [6.07, 6.45) is -2.43. The van der Waals surface area contributed by atoms with Crippen LogP contribution in [0, 0.1) is 12.7 Å². The number of nitrogens with zero attached hydrogens (tertiary/aromatic N) is 1. The first kappa shape index (κ1) is 18.7. The topological polar surface area (TPSA) is 33.6 Å². The van der Waals surface area contributed by atoms with E-state index in [-0.39, 0.29) is 5.75 Å². The van der Waals surface area contributed by atoms with Crippen molar-refractivity contribution in [3.8, 4) is 5.75 Å². The molecular formula is C17H15F5N2O. The molecule has 0 aliphatic heterocycles. The molecule has 2 rings (SSSR count). The first-order chi connectivity index (χ1) is 11.8. The number of hydrogen-bond donors (Lipinski definition) is 1. The van der Waals surface area contributed by atoms with Gasteiger partial charge < -0.3 is 4.74 Å². The van der Waals surface area contributed by atoms with Gasteiger partial charge in [-0.3, -0.25) is 5.43 Å². The average molecular weight is 358 g/mol. The number of halogens is 5. The summed E-state index contributed by atoms with van der Waals surface area (Å²) in [4.78, 5) is 0. The summed E-state index contributed by atoms with van der Waals surface area (Å²) in [5.41, 5.74) is 4.40. The average Bonchev–Trinajstić information content (AvgIpc) is 2.56. The van der Waals surface area contributed by atoms with E-state index in [9.17, 15) is 22.0 Å². The SMILES string of the molecule is Cc1ccc(F)cc1N/N=C/c1cccc(OCC(F)(F)C(F)F)c1. The van der Waals surface area contributed by atoms with Gasteiger partial charge in [-0.2, -0.15) is 13.9 Å². The second-order valence-electron chi connectivity index (χ2n) is 5.25. The molecule has 0 amide bonds. The number of alkyl halides is 4. The fourth-order valence-electron chi connectivity index (χ4n) is 1.82. The molecule has 2 aromatic carbocycles. The van der Waals surface area contributed by atoms with Gasteiger partial charge in [-0.1, -0.05) is 18.2 Å². The van der Waals surface area contributed by atoms with Gasteiger partial charge in [0.25, 0.3) is 0 Å². The summed E-state index contributed by atoms with van der Waals surface area (Å²) >= 11 is 0. The first-order valence-electron chi connectivity index (χ1n) is 7.22. The number of ether oxygens (including phenoxy) is 1. The molecule has 0 radical (unpaired) electrons. The largest absolute Gasteiger partial charge is 0.487 e. The molecule has 8 heteroatoms. The second kappa shape index (κ2) is 7.96. The van der Waals surface area contributed by atoms with Crippen molar-refractivity contribution in [1.29, 1.82) is 0 Å². The number of aryl methyl sites for hydroxylation is 1. The lowest BCUT2D eigenvalue weighted by Crippen LogP contribution is -2.33. The number of benzene rings is 2. The minimum Gasteiger partial charge on any atom is -0.487 e. The minimum absolute atomic E-state index is 0.00575. The summed E-state index contributed by atoms with van der Waals surface area (Å²) in [6.45, 7) is 0.348. The van der Waals surface area contributed by atoms with Gasteiger partial charge in [0.15, 0.2) is 6.61 Å². The Morgan fingerprint density at radius 3 is 2.68 bits per heavy atom. The zero-order valence-corrected chi connectivity index (χ0v) is 13.1. The molecule has 0 saturated heterocycles. The van der Waals surface area contributed by atoms with Crippen molar-refractivity contribution >= 4 is 11.9 Å². The van der Waals surface area contributed by atoms with Crippen molar-refractivity contribution in [2.75, 3.05) is 12.0 Å². The highest BCUT2D eigenvalue weighted by molar-refractivity contribution is 5.80. The Labute approximate surface area is 141 Å². The Hall–Kier alpha value is -2.64. The van der Waals surface area contributed by atoms with E-state index in [1.54, 1.807) is 19.1 Å². The molecule has 0 unspecified atom stereocenters. The quantitative estimate of drug-likeness (QED) is 0.436. The predicted molar refractivity (Wildman–Crippen MR) is 85.2 cm³/mol. The fraction of sp³-hybridized carbons (Fsp3) is 0.235. The second-order valence-corrected chi connectivity index (χ2v) is 5.25. The van der Waals surface area contributed by atoms with Gasteiger partial charge in [-0.05, 0) is 42.3 Å². The van der Waals surface area contributed by atoms with Crippen molar-refractivity contribution < 1.29 is 26.7 Å². The van der Waals surface area contributed by atoms with Crippen LogP contribution in [-0.2, 0) is 0 Å². The van der Waals surface area contributed by atoms with Gasteiger partial charge in [0, 0.05) is 0 Å². The van der Waals surface area contributed by atoms with Gasteiger partial charge in [-0.25, -0.2) is 13.2 Å². The maximum absolute atomic E-state index is 13.2. The highest BCUT2D eigenvalue weighted by Gasteiger charge is 2.41. The third kappa shape index (κ3) is 5.44. The lowest BCUT2D eigenvalue weighted by Gasteiger charge is -2.16. The molecule has 0 aliphatic rings. The Morgan fingerprint density at radius 2 is 1.96 bits per heavy atom. The highest BCUT2D eigenvalue weighted by atomic mass is 19.3. The van der Waals surface area contributed by atoms with Gasteiger partial charge >= 0.3 is 12.3 Å². The van der Waals surface area contributed by atoms with Crippen LogP contribution in [0.15, 0.2) is 47.6 Å². The number of hydrazone groups is 1. The van der Waals surface area contributed by atoms with Crippen molar-refractivity contribution in [2.45, 2.75) is 19.3 Å². The smallest absolute Gasteiger partial charge is 0.340 e. The minimum atomic E-state index is -4.22. The number of nitrogens with one attached hydrogen (secondary N) is 1. The number of hydrogen-bond acceptors (Lipinski definition) is 3. The summed E-state index contributed by atoms with van der Waals surface area (Å²) in [7, 11) is 0. The van der Waals surface area contributed by atoms with E-state index in [4.69, 9.17) is 4.74 Å². The molecule has 0 heterocycles. The van der Waals surface area contributed by atoms with E-state index in [1.165, 1.54) is 36.5 Å². The van der Waals surface area contributed by atoms with E-state index in [0.29, 0.717) is 11.3 Å². The van der Waals surface area contributed by atoms with Crippen molar-refractivity contribution in [3.05, 3.63) is 59.4 Å². The third-order valence-corrected chi connectivity index (χ3v) is 3.21. The van der Waals surface area contributed by atoms with Crippen LogP contribution in [0.4, 0.5) is 27.6 Å². The fourth-order valence-corrected chi connectivity index (χ4v) is 1.82.